The van der Waals surface area contributed by atoms with E-state index >= 15 is 0 Å². The number of amides is 1. The van der Waals surface area contributed by atoms with Crippen LogP contribution in [0.3, 0.4) is 0 Å². The molecule has 0 bridgehead atoms. The summed E-state index contributed by atoms with van der Waals surface area (Å²) in [7, 11) is 0. The van der Waals surface area contributed by atoms with Crippen LogP contribution in [0.2, 0.25) is 0 Å². The van der Waals surface area contributed by atoms with Crippen molar-refractivity contribution in [3.63, 3.8) is 0 Å². The fourth-order valence-corrected chi connectivity index (χ4v) is 2.66. The first-order chi connectivity index (χ1) is 7.75. The summed E-state index contributed by atoms with van der Waals surface area (Å²) in [4.78, 5) is 19.5. The maximum atomic E-state index is 11.8. The van der Waals surface area contributed by atoms with E-state index in [0.717, 1.165) is 24.3 Å². The molecule has 0 aromatic carbocycles. The second-order valence-corrected chi connectivity index (χ2v) is 4.91. The highest BCUT2D eigenvalue weighted by Gasteiger charge is 2.17. The average Bonchev–Trinajstić information content (AvgIpc) is 2.31. The molecular formula is C10H14N4OS. The van der Waals surface area contributed by atoms with Gasteiger partial charge in [-0.05, 0) is 24.3 Å². The lowest BCUT2D eigenvalue weighted by Gasteiger charge is -2.22. The fraction of sp³-hybridized carbons (Fsp3) is 0.500. The van der Waals surface area contributed by atoms with Crippen LogP contribution in [-0.4, -0.2) is 33.4 Å². The summed E-state index contributed by atoms with van der Waals surface area (Å²) in [6, 6.07) is 0.271. The molecule has 1 aliphatic heterocycles. The van der Waals surface area contributed by atoms with Gasteiger partial charge in [-0.3, -0.25) is 4.79 Å². The molecule has 0 saturated carbocycles. The van der Waals surface area contributed by atoms with Crippen LogP contribution in [0.1, 0.15) is 23.3 Å². The van der Waals surface area contributed by atoms with Gasteiger partial charge in [0, 0.05) is 6.04 Å². The summed E-state index contributed by atoms with van der Waals surface area (Å²) < 4.78 is 0. The number of rotatable bonds is 2. The molecule has 0 unspecified atom stereocenters. The van der Waals surface area contributed by atoms with Crippen molar-refractivity contribution in [3.8, 4) is 0 Å². The summed E-state index contributed by atoms with van der Waals surface area (Å²) in [5, 5.41) is 2.96. The number of nitrogens with two attached hydrogens (primary N) is 1. The number of hydrogen-bond acceptors (Lipinski definition) is 5. The number of thioether (sulfide) groups is 1. The number of nitrogens with one attached hydrogen (secondary N) is 1. The SMILES string of the molecule is Nc1cnc(C(=O)NC2CCSCC2)cn1. The highest BCUT2D eigenvalue weighted by molar-refractivity contribution is 7.99. The van der Waals surface area contributed by atoms with Crippen LogP contribution in [0.5, 0.6) is 0 Å². The highest BCUT2D eigenvalue weighted by Crippen LogP contribution is 2.17. The van der Waals surface area contributed by atoms with Gasteiger partial charge in [-0.2, -0.15) is 11.8 Å². The zero-order valence-electron chi connectivity index (χ0n) is 8.85. The minimum Gasteiger partial charge on any atom is -0.382 e. The number of nitrogen functional groups attached to an aromatic ring is 1. The molecule has 16 heavy (non-hydrogen) atoms. The lowest BCUT2D eigenvalue weighted by atomic mass is 10.1. The average molecular weight is 238 g/mol. The molecule has 0 radical (unpaired) electrons. The molecule has 0 aliphatic carbocycles. The van der Waals surface area contributed by atoms with Crippen molar-refractivity contribution >= 4 is 23.5 Å². The van der Waals surface area contributed by atoms with Gasteiger partial charge in [-0.25, -0.2) is 9.97 Å². The summed E-state index contributed by atoms with van der Waals surface area (Å²) >= 11 is 1.93. The van der Waals surface area contributed by atoms with Gasteiger partial charge in [0.25, 0.3) is 5.91 Å². The van der Waals surface area contributed by atoms with Crippen LogP contribution in [0.4, 0.5) is 5.82 Å². The van der Waals surface area contributed by atoms with Crippen LogP contribution in [0.25, 0.3) is 0 Å². The molecule has 2 heterocycles. The van der Waals surface area contributed by atoms with Crippen molar-refractivity contribution in [1.82, 2.24) is 15.3 Å². The van der Waals surface area contributed by atoms with Crippen LogP contribution in [0.15, 0.2) is 12.4 Å². The first-order valence-corrected chi connectivity index (χ1v) is 6.37. The van der Waals surface area contributed by atoms with Gasteiger partial charge in [0.2, 0.25) is 0 Å². The van der Waals surface area contributed by atoms with Crippen molar-refractivity contribution in [2.24, 2.45) is 0 Å². The van der Waals surface area contributed by atoms with Gasteiger partial charge in [-0.1, -0.05) is 0 Å². The smallest absolute Gasteiger partial charge is 0.271 e. The lowest BCUT2D eigenvalue weighted by molar-refractivity contribution is 0.0929. The Hall–Kier alpha value is -1.30. The predicted octanol–water partition coefficient (Wildman–Crippen LogP) is 0.684. The van der Waals surface area contributed by atoms with E-state index in [-0.39, 0.29) is 11.9 Å². The molecule has 0 atom stereocenters. The van der Waals surface area contributed by atoms with Gasteiger partial charge in [-0.15, -0.1) is 0 Å². The molecule has 1 aromatic rings. The second kappa shape index (κ2) is 5.16. The van der Waals surface area contributed by atoms with Gasteiger partial charge < -0.3 is 11.1 Å². The highest BCUT2D eigenvalue weighted by atomic mass is 32.2. The number of carbonyl (C=O) groups excluding carboxylic acids is 1. The maximum absolute atomic E-state index is 11.8. The second-order valence-electron chi connectivity index (χ2n) is 3.69. The molecule has 2 rings (SSSR count). The fourth-order valence-electron chi connectivity index (χ4n) is 1.56. The van der Waals surface area contributed by atoms with Crippen LogP contribution in [-0.2, 0) is 0 Å². The molecule has 1 fully saturated rings. The number of aromatic nitrogens is 2. The van der Waals surface area contributed by atoms with E-state index in [0.29, 0.717) is 11.5 Å². The van der Waals surface area contributed by atoms with E-state index in [9.17, 15) is 4.79 Å². The van der Waals surface area contributed by atoms with Gasteiger partial charge in [0.15, 0.2) is 0 Å². The third kappa shape index (κ3) is 2.85. The summed E-state index contributed by atoms with van der Waals surface area (Å²) in [6.45, 7) is 0. The van der Waals surface area contributed by atoms with E-state index < -0.39 is 0 Å². The van der Waals surface area contributed by atoms with Gasteiger partial charge >= 0.3 is 0 Å². The van der Waals surface area contributed by atoms with E-state index in [4.69, 9.17) is 5.73 Å². The topological polar surface area (TPSA) is 80.9 Å². The largest absolute Gasteiger partial charge is 0.382 e. The molecule has 86 valence electrons. The summed E-state index contributed by atoms with van der Waals surface area (Å²) in [5.41, 5.74) is 5.73. The Balaban J connectivity index is 1.94. The third-order valence-electron chi connectivity index (χ3n) is 2.46. The molecule has 5 nitrogen and oxygen atoms in total. The Morgan fingerprint density at radius 1 is 1.38 bits per heavy atom. The first kappa shape index (κ1) is 11.2. The normalized spacial score (nSPS) is 17.0. The van der Waals surface area contributed by atoms with Crippen LogP contribution < -0.4 is 11.1 Å². The Morgan fingerprint density at radius 2 is 2.12 bits per heavy atom. The predicted molar refractivity (Wildman–Crippen MR) is 64.3 cm³/mol. The molecular weight excluding hydrogens is 224 g/mol. The quantitative estimate of drug-likeness (QED) is 0.792. The summed E-state index contributed by atoms with van der Waals surface area (Å²) in [6.07, 6.45) is 4.85. The van der Waals surface area contributed by atoms with Crippen molar-refractivity contribution < 1.29 is 4.79 Å². The Morgan fingerprint density at radius 3 is 2.75 bits per heavy atom. The lowest BCUT2D eigenvalue weighted by Crippen LogP contribution is -2.37. The molecule has 1 saturated heterocycles. The zero-order chi connectivity index (χ0) is 11.4. The molecule has 3 N–H and O–H groups in total. The van der Waals surface area contributed by atoms with Crippen LogP contribution >= 0.6 is 11.8 Å². The van der Waals surface area contributed by atoms with E-state index in [1.807, 2.05) is 11.8 Å². The Labute approximate surface area is 98.2 Å². The number of hydrogen-bond donors (Lipinski definition) is 2. The number of carbonyl (C=O) groups is 1. The zero-order valence-corrected chi connectivity index (χ0v) is 9.67. The number of anilines is 1. The van der Waals surface area contributed by atoms with Crippen molar-refractivity contribution in [2.75, 3.05) is 17.2 Å². The monoisotopic (exact) mass is 238 g/mol. The minimum absolute atomic E-state index is 0.163. The van der Waals surface area contributed by atoms with Crippen LogP contribution in [0, 0.1) is 0 Å². The maximum Gasteiger partial charge on any atom is 0.271 e. The minimum atomic E-state index is -0.163. The van der Waals surface area contributed by atoms with E-state index in [1.165, 1.54) is 12.4 Å². The molecule has 1 amide bonds. The summed E-state index contributed by atoms with van der Waals surface area (Å²) in [5.74, 6) is 2.38. The Kier molecular flexibility index (Phi) is 3.61. The van der Waals surface area contributed by atoms with Crippen molar-refractivity contribution in [3.05, 3.63) is 18.1 Å². The Bertz CT molecular complexity index is 362. The standard InChI is InChI=1S/C10H14N4OS/c11-9-6-12-8(5-13-9)10(15)14-7-1-3-16-4-2-7/h5-7H,1-4H2,(H2,11,13)(H,14,15). The van der Waals surface area contributed by atoms with E-state index in [2.05, 4.69) is 15.3 Å². The van der Waals surface area contributed by atoms with Gasteiger partial charge in [0.1, 0.15) is 11.5 Å². The van der Waals surface area contributed by atoms with Crippen molar-refractivity contribution in [1.29, 1.82) is 0 Å². The molecule has 1 aromatic heterocycles. The number of nitrogens with zero attached hydrogens (tertiary/aromatic N) is 2. The third-order valence-corrected chi connectivity index (χ3v) is 3.51. The molecule has 6 heteroatoms. The van der Waals surface area contributed by atoms with Crippen molar-refractivity contribution in [2.45, 2.75) is 18.9 Å². The van der Waals surface area contributed by atoms with Gasteiger partial charge in [0.05, 0.1) is 12.4 Å². The molecule has 1 aliphatic rings. The first-order valence-electron chi connectivity index (χ1n) is 5.22. The molecule has 0 spiro atoms. The van der Waals surface area contributed by atoms with E-state index in [1.54, 1.807) is 0 Å².